The fraction of sp³-hybridized carbons (Fsp3) is 0.300. The molecule has 1 atom stereocenters. The highest BCUT2D eigenvalue weighted by Gasteiger charge is 2.26. The average molecular weight is 347 g/mol. The molecule has 1 aliphatic heterocycles. The van der Waals surface area contributed by atoms with Crippen LogP contribution in [-0.4, -0.2) is 31.4 Å². The van der Waals surface area contributed by atoms with Gasteiger partial charge >= 0.3 is 0 Å². The summed E-state index contributed by atoms with van der Waals surface area (Å²) in [5.41, 5.74) is 2.70. The maximum absolute atomic E-state index is 12.2. The molecular weight excluding hydrogens is 326 g/mol. The third-order valence-corrected chi connectivity index (χ3v) is 4.76. The highest BCUT2D eigenvalue weighted by molar-refractivity contribution is 5.52. The van der Waals surface area contributed by atoms with Gasteiger partial charge in [-0.3, -0.25) is 19.7 Å². The van der Waals surface area contributed by atoms with Gasteiger partial charge in [-0.05, 0) is 43.1 Å². The van der Waals surface area contributed by atoms with E-state index in [-0.39, 0.29) is 11.6 Å². The van der Waals surface area contributed by atoms with Gasteiger partial charge in [-0.25, -0.2) is 4.98 Å². The second kappa shape index (κ2) is 7.58. The van der Waals surface area contributed by atoms with E-state index in [1.807, 2.05) is 24.4 Å². The zero-order chi connectivity index (χ0) is 17.8. The Bertz CT molecular complexity index is 910. The van der Waals surface area contributed by atoms with E-state index >= 15 is 0 Å². The summed E-state index contributed by atoms with van der Waals surface area (Å²) in [7, 11) is 0. The molecule has 0 aromatic carbocycles. The van der Waals surface area contributed by atoms with Crippen LogP contribution < -0.4 is 5.56 Å². The third kappa shape index (κ3) is 3.70. The summed E-state index contributed by atoms with van der Waals surface area (Å²) in [6.45, 7) is 1.81. The molecule has 26 heavy (non-hydrogen) atoms. The molecule has 0 spiro atoms. The summed E-state index contributed by atoms with van der Waals surface area (Å²) in [6, 6.07) is 9.57. The van der Waals surface area contributed by atoms with Gasteiger partial charge in [0.15, 0.2) is 0 Å². The minimum atomic E-state index is -0.124. The molecule has 0 amide bonds. The highest BCUT2D eigenvalue weighted by Crippen LogP contribution is 2.31. The molecule has 0 aliphatic carbocycles. The van der Waals surface area contributed by atoms with Crippen molar-refractivity contribution in [1.82, 2.24) is 24.8 Å². The molecule has 6 heteroatoms. The second-order valence-corrected chi connectivity index (χ2v) is 6.60. The number of rotatable bonds is 4. The van der Waals surface area contributed by atoms with Gasteiger partial charge in [-0.1, -0.05) is 12.5 Å². The number of likely N-dealkylation sites (tertiary alicyclic amines) is 1. The monoisotopic (exact) mass is 347 g/mol. The van der Waals surface area contributed by atoms with E-state index in [1.54, 1.807) is 24.7 Å². The Morgan fingerprint density at radius 1 is 1.12 bits per heavy atom. The van der Waals surface area contributed by atoms with Gasteiger partial charge in [0.1, 0.15) is 5.82 Å². The molecular formula is C20H21N5O. The van der Waals surface area contributed by atoms with Crippen LogP contribution >= 0.6 is 0 Å². The van der Waals surface area contributed by atoms with Crippen molar-refractivity contribution in [3.8, 4) is 11.4 Å². The van der Waals surface area contributed by atoms with Crippen LogP contribution in [-0.2, 0) is 6.54 Å². The largest absolute Gasteiger partial charge is 0.306 e. The molecule has 1 saturated heterocycles. The molecule has 3 aromatic rings. The van der Waals surface area contributed by atoms with Crippen molar-refractivity contribution in [1.29, 1.82) is 0 Å². The first kappa shape index (κ1) is 16.6. The van der Waals surface area contributed by atoms with Crippen molar-refractivity contribution >= 4 is 0 Å². The first-order chi connectivity index (χ1) is 12.8. The number of H-pyrrole nitrogens is 1. The van der Waals surface area contributed by atoms with Gasteiger partial charge in [0.2, 0.25) is 0 Å². The molecule has 1 aliphatic rings. The lowest BCUT2D eigenvalue weighted by Gasteiger charge is -2.35. The molecule has 1 unspecified atom stereocenters. The third-order valence-electron chi connectivity index (χ3n) is 4.76. The zero-order valence-corrected chi connectivity index (χ0v) is 14.5. The zero-order valence-electron chi connectivity index (χ0n) is 14.5. The van der Waals surface area contributed by atoms with Crippen LogP contribution in [0, 0.1) is 0 Å². The van der Waals surface area contributed by atoms with Crippen LogP contribution in [0.2, 0.25) is 0 Å². The van der Waals surface area contributed by atoms with Crippen molar-refractivity contribution in [3.05, 3.63) is 76.7 Å². The summed E-state index contributed by atoms with van der Waals surface area (Å²) < 4.78 is 0. The van der Waals surface area contributed by atoms with E-state index in [1.165, 1.54) is 5.56 Å². The topological polar surface area (TPSA) is 74.8 Å². The molecule has 6 nitrogen and oxygen atoms in total. The van der Waals surface area contributed by atoms with Crippen molar-refractivity contribution in [2.45, 2.75) is 31.8 Å². The van der Waals surface area contributed by atoms with Gasteiger partial charge in [0.05, 0.1) is 11.7 Å². The van der Waals surface area contributed by atoms with Crippen molar-refractivity contribution in [3.63, 3.8) is 0 Å². The van der Waals surface area contributed by atoms with Gasteiger partial charge in [0.25, 0.3) is 5.56 Å². The fourth-order valence-corrected chi connectivity index (χ4v) is 3.53. The van der Waals surface area contributed by atoms with Crippen LogP contribution in [0.4, 0.5) is 0 Å². The summed E-state index contributed by atoms with van der Waals surface area (Å²) in [4.78, 5) is 30.6. The van der Waals surface area contributed by atoms with E-state index in [9.17, 15) is 4.79 Å². The number of aromatic nitrogens is 4. The van der Waals surface area contributed by atoms with Crippen LogP contribution in [0.15, 0.2) is 59.9 Å². The Labute approximate surface area is 152 Å². The summed E-state index contributed by atoms with van der Waals surface area (Å²) in [5.74, 6) is 0.576. The van der Waals surface area contributed by atoms with Crippen molar-refractivity contribution < 1.29 is 0 Å². The van der Waals surface area contributed by atoms with Crippen molar-refractivity contribution in [2.24, 2.45) is 0 Å². The number of pyridine rings is 2. The molecule has 1 fully saturated rings. The molecule has 0 saturated carbocycles. The normalized spacial score (nSPS) is 17.9. The molecule has 0 bridgehead atoms. The molecule has 1 N–H and O–H groups in total. The molecule has 0 radical (unpaired) electrons. The fourth-order valence-electron chi connectivity index (χ4n) is 3.53. The Kier molecular flexibility index (Phi) is 4.84. The number of piperidine rings is 1. The summed E-state index contributed by atoms with van der Waals surface area (Å²) in [5, 5.41) is 0. The minimum Gasteiger partial charge on any atom is -0.306 e. The number of hydrogen-bond donors (Lipinski definition) is 1. The van der Waals surface area contributed by atoms with Gasteiger partial charge in [0, 0.05) is 43.0 Å². The molecule has 4 rings (SSSR count). The van der Waals surface area contributed by atoms with E-state index < -0.39 is 0 Å². The molecule has 132 valence electrons. The predicted octanol–water partition coefficient (Wildman–Crippen LogP) is 2.95. The van der Waals surface area contributed by atoms with Crippen LogP contribution in [0.1, 0.15) is 36.6 Å². The maximum Gasteiger partial charge on any atom is 0.251 e. The average Bonchev–Trinajstić information content (AvgIpc) is 2.69. The van der Waals surface area contributed by atoms with Gasteiger partial charge in [-0.2, -0.15) is 0 Å². The van der Waals surface area contributed by atoms with Crippen LogP contribution in [0.3, 0.4) is 0 Å². The first-order valence-corrected chi connectivity index (χ1v) is 8.94. The smallest absolute Gasteiger partial charge is 0.251 e. The van der Waals surface area contributed by atoms with Crippen LogP contribution in [0.5, 0.6) is 0 Å². The number of aromatic amines is 1. The standard InChI is InChI=1S/C20H21N5O/c26-19-11-17(23-20(24-19)16-6-4-9-22-13-16)18-7-1-2-10-25(18)14-15-5-3-8-21-12-15/h3-6,8-9,11-13,18H,1-2,7,10,14H2,(H,23,24,26). The second-order valence-electron chi connectivity index (χ2n) is 6.60. The highest BCUT2D eigenvalue weighted by atomic mass is 16.1. The number of nitrogens with one attached hydrogen (secondary N) is 1. The SMILES string of the molecule is O=c1cc(C2CCCCN2Cc2cccnc2)nc(-c2cccnc2)[nH]1. The predicted molar refractivity (Wildman–Crippen MR) is 99.3 cm³/mol. The lowest BCUT2D eigenvalue weighted by molar-refractivity contribution is 0.137. The lowest BCUT2D eigenvalue weighted by atomic mass is 9.98. The van der Waals surface area contributed by atoms with Crippen molar-refractivity contribution in [2.75, 3.05) is 6.54 Å². The molecule has 4 heterocycles. The van der Waals surface area contributed by atoms with E-state index in [4.69, 9.17) is 4.98 Å². The van der Waals surface area contributed by atoms with Crippen LogP contribution in [0.25, 0.3) is 11.4 Å². The first-order valence-electron chi connectivity index (χ1n) is 8.94. The summed E-state index contributed by atoms with van der Waals surface area (Å²) in [6.07, 6.45) is 10.4. The maximum atomic E-state index is 12.2. The Morgan fingerprint density at radius 3 is 2.73 bits per heavy atom. The lowest BCUT2D eigenvalue weighted by Crippen LogP contribution is -2.34. The number of hydrogen-bond acceptors (Lipinski definition) is 5. The van der Waals surface area contributed by atoms with E-state index in [0.29, 0.717) is 5.82 Å². The van der Waals surface area contributed by atoms with Gasteiger partial charge < -0.3 is 4.98 Å². The Balaban J connectivity index is 1.66. The summed E-state index contributed by atoms with van der Waals surface area (Å²) >= 11 is 0. The Morgan fingerprint density at radius 2 is 1.96 bits per heavy atom. The van der Waals surface area contributed by atoms with E-state index in [2.05, 4.69) is 25.9 Å². The van der Waals surface area contributed by atoms with Gasteiger partial charge in [-0.15, -0.1) is 0 Å². The number of nitrogens with zero attached hydrogens (tertiary/aromatic N) is 4. The minimum absolute atomic E-state index is 0.124. The quantitative estimate of drug-likeness (QED) is 0.785. The van der Waals surface area contributed by atoms with E-state index in [0.717, 1.165) is 43.6 Å². The Hall–Kier alpha value is -2.86. The molecule has 3 aromatic heterocycles.